The molecular weight excluding hydrogens is 250 g/mol. The average molecular weight is 275 g/mol. The smallest absolute Gasteiger partial charge is 0.224 e. The van der Waals surface area contributed by atoms with Crippen molar-refractivity contribution in [2.24, 2.45) is 0 Å². The molecule has 2 rings (SSSR count). The van der Waals surface area contributed by atoms with Crippen molar-refractivity contribution >= 4 is 5.91 Å². The van der Waals surface area contributed by atoms with Gasteiger partial charge in [0.2, 0.25) is 5.91 Å². The van der Waals surface area contributed by atoms with Crippen LogP contribution in [0.5, 0.6) is 0 Å². The molecule has 0 atom stereocenters. The summed E-state index contributed by atoms with van der Waals surface area (Å²) in [6, 6.07) is 8.62. The lowest BCUT2D eigenvalue weighted by atomic mass is 9.86. The van der Waals surface area contributed by atoms with Crippen molar-refractivity contribution < 1.29 is 9.53 Å². The minimum atomic E-state index is 0.180. The summed E-state index contributed by atoms with van der Waals surface area (Å²) < 4.78 is 5.31. The number of nitrogens with zero attached hydrogens (tertiary/aromatic N) is 1. The second-order valence-corrected chi connectivity index (χ2v) is 6.50. The molecule has 20 heavy (non-hydrogen) atoms. The van der Waals surface area contributed by atoms with E-state index in [4.69, 9.17) is 4.74 Å². The summed E-state index contributed by atoms with van der Waals surface area (Å²) in [6.07, 6.45) is 2.32. The van der Waals surface area contributed by atoms with Gasteiger partial charge >= 0.3 is 0 Å². The summed E-state index contributed by atoms with van der Waals surface area (Å²) in [7, 11) is 0. The molecule has 1 aromatic carbocycles. The van der Waals surface area contributed by atoms with Gasteiger partial charge in [-0.2, -0.15) is 0 Å². The van der Waals surface area contributed by atoms with E-state index in [0.29, 0.717) is 13.2 Å². The molecule has 1 amide bonds. The van der Waals surface area contributed by atoms with Gasteiger partial charge in [-0.3, -0.25) is 4.79 Å². The number of hydrogen-bond donors (Lipinski definition) is 0. The molecule has 110 valence electrons. The molecule has 3 nitrogen and oxygen atoms in total. The van der Waals surface area contributed by atoms with E-state index in [9.17, 15) is 4.79 Å². The van der Waals surface area contributed by atoms with Crippen LogP contribution in [0.2, 0.25) is 0 Å². The first-order valence-electron chi connectivity index (χ1n) is 7.42. The first kappa shape index (κ1) is 15.0. The van der Waals surface area contributed by atoms with E-state index in [1.54, 1.807) is 0 Å². The Hall–Kier alpha value is -1.35. The summed E-state index contributed by atoms with van der Waals surface area (Å²) >= 11 is 0. The Morgan fingerprint density at radius 1 is 1.25 bits per heavy atom. The molecule has 1 fully saturated rings. The predicted molar refractivity (Wildman–Crippen MR) is 80.6 cm³/mol. The fourth-order valence-corrected chi connectivity index (χ4v) is 2.37. The van der Waals surface area contributed by atoms with Gasteiger partial charge in [0, 0.05) is 13.0 Å². The molecule has 1 heterocycles. The van der Waals surface area contributed by atoms with E-state index in [1.165, 1.54) is 11.1 Å². The highest BCUT2D eigenvalue weighted by Crippen LogP contribution is 2.22. The zero-order chi connectivity index (χ0) is 14.6. The second kappa shape index (κ2) is 6.40. The summed E-state index contributed by atoms with van der Waals surface area (Å²) in [4.78, 5) is 13.9. The summed E-state index contributed by atoms with van der Waals surface area (Å²) in [6.45, 7) is 8.70. The maximum Gasteiger partial charge on any atom is 0.224 e. The lowest BCUT2D eigenvalue weighted by Gasteiger charge is -2.26. The lowest BCUT2D eigenvalue weighted by molar-refractivity contribution is -0.140. The van der Waals surface area contributed by atoms with Crippen molar-refractivity contribution in [2.75, 3.05) is 19.9 Å². The third kappa shape index (κ3) is 4.07. The van der Waals surface area contributed by atoms with Gasteiger partial charge < -0.3 is 9.64 Å². The van der Waals surface area contributed by atoms with Crippen LogP contribution in [-0.4, -0.2) is 30.7 Å². The highest BCUT2D eigenvalue weighted by molar-refractivity contribution is 5.76. The molecule has 1 aliphatic heterocycles. The fraction of sp³-hybridized carbons (Fsp3) is 0.588. The molecule has 0 aromatic heterocycles. The van der Waals surface area contributed by atoms with Crippen LogP contribution in [-0.2, 0) is 21.4 Å². The van der Waals surface area contributed by atoms with Gasteiger partial charge in [0.15, 0.2) is 0 Å². The Morgan fingerprint density at radius 2 is 1.95 bits per heavy atom. The van der Waals surface area contributed by atoms with Crippen molar-refractivity contribution in [1.82, 2.24) is 4.90 Å². The molecular formula is C17H25NO2. The summed E-state index contributed by atoms with van der Waals surface area (Å²) in [5.74, 6) is 0.199. The van der Waals surface area contributed by atoms with Gasteiger partial charge in [-0.1, -0.05) is 45.0 Å². The number of benzene rings is 1. The molecule has 0 aliphatic carbocycles. The Labute approximate surface area is 121 Å². The van der Waals surface area contributed by atoms with E-state index in [1.807, 2.05) is 4.90 Å². The van der Waals surface area contributed by atoms with Crippen LogP contribution in [0.15, 0.2) is 24.3 Å². The fourth-order valence-electron chi connectivity index (χ4n) is 2.37. The quantitative estimate of drug-likeness (QED) is 0.848. The van der Waals surface area contributed by atoms with Crippen LogP contribution in [0.4, 0.5) is 0 Å². The van der Waals surface area contributed by atoms with E-state index in [-0.39, 0.29) is 11.3 Å². The van der Waals surface area contributed by atoms with Gasteiger partial charge in [0.25, 0.3) is 0 Å². The Bertz CT molecular complexity index is 439. The van der Waals surface area contributed by atoms with Crippen LogP contribution in [0.3, 0.4) is 0 Å². The Balaban J connectivity index is 1.86. The number of amides is 1. The molecule has 0 radical (unpaired) electrons. The van der Waals surface area contributed by atoms with Crippen molar-refractivity contribution in [3.8, 4) is 0 Å². The molecule has 0 spiro atoms. The summed E-state index contributed by atoms with van der Waals surface area (Å²) in [5.41, 5.74) is 2.74. The van der Waals surface area contributed by atoms with E-state index < -0.39 is 0 Å². The monoisotopic (exact) mass is 275 g/mol. The Morgan fingerprint density at radius 3 is 2.50 bits per heavy atom. The normalized spacial score (nSPS) is 16.2. The van der Waals surface area contributed by atoms with Gasteiger partial charge in [-0.15, -0.1) is 0 Å². The number of rotatable bonds is 3. The van der Waals surface area contributed by atoms with Gasteiger partial charge in [-0.05, 0) is 29.4 Å². The molecule has 0 unspecified atom stereocenters. The third-order valence-corrected chi connectivity index (χ3v) is 3.76. The van der Waals surface area contributed by atoms with Crippen LogP contribution in [0.25, 0.3) is 0 Å². The van der Waals surface area contributed by atoms with Crippen molar-refractivity contribution in [3.63, 3.8) is 0 Å². The predicted octanol–water partition coefficient (Wildman–Crippen LogP) is 3.12. The van der Waals surface area contributed by atoms with Crippen molar-refractivity contribution in [1.29, 1.82) is 0 Å². The number of carbonyl (C=O) groups excluding carboxylic acids is 1. The molecule has 0 N–H and O–H groups in total. The molecule has 0 bridgehead atoms. The highest BCUT2D eigenvalue weighted by atomic mass is 16.5. The standard InChI is InChI=1S/C17H25NO2/c1-17(2,3)15-8-5-14(6-9-15)7-10-16(19)18-11-4-12-20-13-18/h5-6,8-9H,4,7,10-13H2,1-3H3. The highest BCUT2D eigenvalue weighted by Gasteiger charge is 2.17. The first-order chi connectivity index (χ1) is 9.47. The van der Waals surface area contributed by atoms with Crippen LogP contribution in [0.1, 0.15) is 44.7 Å². The molecule has 3 heteroatoms. The number of hydrogen-bond acceptors (Lipinski definition) is 2. The van der Waals surface area contributed by atoms with Gasteiger partial charge in [0.05, 0.1) is 6.61 Å². The zero-order valence-corrected chi connectivity index (χ0v) is 12.8. The lowest BCUT2D eigenvalue weighted by Crippen LogP contribution is -2.38. The SMILES string of the molecule is CC(C)(C)c1ccc(CCC(=O)N2CCCOC2)cc1. The molecule has 1 aliphatic rings. The molecule has 1 saturated heterocycles. The van der Waals surface area contributed by atoms with E-state index in [0.717, 1.165) is 26.0 Å². The van der Waals surface area contributed by atoms with Gasteiger partial charge in [0.1, 0.15) is 6.73 Å². The second-order valence-electron chi connectivity index (χ2n) is 6.50. The van der Waals surface area contributed by atoms with Gasteiger partial charge in [-0.25, -0.2) is 0 Å². The summed E-state index contributed by atoms with van der Waals surface area (Å²) in [5, 5.41) is 0. The maximum atomic E-state index is 12.0. The minimum Gasteiger partial charge on any atom is -0.361 e. The van der Waals surface area contributed by atoms with Crippen LogP contribution >= 0.6 is 0 Å². The van der Waals surface area contributed by atoms with Crippen molar-refractivity contribution in [2.45, 2.75) is 45.4 Å². The molecule has 1 aromatic rings. The minimum absolute atomic E-state index is 0.180. The topological polar surface area (TPSA) is 29.5 Å². The largest absolute Gasteiger partial charge is 0.361 e. The van der Waals surface area contributed by atoms with E-state index >= 15 is 0 Å². The average Bonchev–Trinajstić information content (AvgIpc) is 2.45. The van der Waals surface area contributed by atoms with Crippen LogP contribution < -0.4 is 0 Å². The van der Waals surface area contributed by atoms with Crippen molar-refractivity contribution in [3.05, 3.63) is 35.4 Å². The number of aryl methyl sites for hydroxylation is 1. The zero-order valence-electron chi connectivity index (χ0n) is 12.8. The molecule has 0 saturated carbocycles. The van der Waals surface area contributed by atoms with E-state index in [2.05, 4.69) is 45.0 Å². The third-order valence-electron chi connectivity index (χ3n) is 3.76. The van der Waals surface area contributed by atoms with Crippen LogP contribution in [0, 0.1) is 0 Å². The first-order valence-corrected chi connectivity index (χ1v) is 7.42. The number of carbonyl (C=O) groups is 1. The Kier molecular flexibility index (Phi) is 4.81. The maximum absolute atomic E-state index is 12.0. The number of ether oxygens (including phenoxy) is 1.